The second-order valence-electron chi connectivity index (χ2n) is 7.88. The highest BCUT2D eigenvalue weighted by atomic mass is 16.5. The van der Waals surface area contributed by atoms with E-state index in [0.717, 1.165) is 44.0 Å². The minimum atomic E-state index is -0.397. The first-order chi connectivity index (χ1) is 14.5. The van der Waals surface area contributed by atoms with Gasteiger partial charge in [0.2, 0.25) is 0 Å². The Kier molecular flexibility index (Phi) is 7.46. The maximum atomic E-state index is 11.2. The second kappa shape index (κ2) is 10.3. The summed E-state index contributed by atoms with van der Waals surface area (Å²) in [5.41, 5.74) is 7.24. The maximum absolute atomic E-state index is 11.2. The molecule has 2 heterocycles. The highest BCUT2D eigenvalue weighted by molar-refractivity contribution is 5.69. The predicted molar refractivity (Wildman–Crippen MR) is 122 cm³/mol. The summed E-state index contributed by atoms with van der Waals surface area (Å²) in [7, 11) is 3.43. The van der Waals surface area contributed by atoms with Gasteiger partial charge < -0.3 is 19.9 Å². The molecule has 1 aliphatic rings. The Morgan fingerprint density at radius 3 is 2.80 bits per heavy atom. The molecule has 1 amide bonds. The number of rotatable bonds is 7. The topological polar surface area (TPSA) is 57.7 Å². The number of ether oxygens (including phenoxy) is 1. The van der Waals surface area contributed by atoms with Gasteiger partial charge in [0.05, 0.1) is 12.8 Å². The third-order valence-electron chi connectivity index (χ3n) is 5.39. The van der Waals surface area contributed by atoms with Crippen molar-refractivity contribution < 1.29 is 9.53 Å². The fraction of sp³-hybridized carbons (Fsp3) is 0.417. The van der Waals surface area contributed by atoms with E-state index in [4.69, 9.17) is 4.98 Å². The number of nitrogens with one attached hydrogen (secondary N) is 1. The summed E-state index contributed by atoms with van der Waals surface area (Å²) >= 11 is 0. The van der Waals surface area contributed by atoms with Crippen LogP contribution >= 0.6 is 0 Å². The molecule has 0 atom stereocenters. The first kappa shape index (κ1) is 21.8. The van der Waals surface area contributed by atoms with Crippen LogP contribution in [-0.4, -0.2) is 56.3 Å². The summed E-state index contributed by atoms with van der Waals surface area (Å²) in [6.07, 6.45) is 2.90. The number of methoxy groups -OCH3 is 1. The third kappa shape index (κ3) is 5.83. The van der Waals surface area contributed by atoms with Crippen LogP contribution in [0.1, 0.15) is 28.9 Å². The predicted octanol–water partition coefficient (Wildman–Crippen LogP) is 3.78. The number of hydrogen-bond donors (Lipinski definition) is 1. The van der Waals surface area contributed by atoms with Crippen LogP contribution in [0, 0.1) is 13.8 Å². The monoisotopic (exact) mass is 408 g/mol. The number of nitrogens with zero attached hydrogens (tertiary/aromatic N) is 3. The van der Waals surface area contributed by atoms with E-state index in [1.165, 1.54) is 29.5 Å². The highest BCUT2D eigenvalue weighted by Crippen LogP contribution is 2.28. The molecule has 3 rings (SSSR count). The van der Waals surface area contributed by atoms with E-state index in [-0.39, 0.29) is 0 Å². The average Bonchev–Trinajstić information content (AvgIpc) is 2.75. The molecule has 0 bridgehead atoms. The second-order valence-corrected chi connectivity index (χ2v) is 7.88. The fourth-order valence-electron chi connectivity index (χ4n) is 3.73. The van der Waals surface area contributed by atoms with Crippen molar-refractivity contribution in [2.75, 3.05) is 45.2 Å². The number of hydrogen-bond acceptors (Lipinski definition) is 5. The first-order valence-corrected chi connectivity index (χ1v) is 10.4. The highest BCUT2D eigenvalue weighted by Gasteiger charge is 2.18. The molecule has 0 saturated carbocycles. The fourth-order valence-corrected chi connectivity index (χ4v) is 3.73. The molecule has 2 aromatic rings. The molecular formula is C24H32N4O2. The Morgan fingerprint density at radius 1 is 1.27 bits per heavy atom. The van der Waals surface area contributed by atoms with Gasteiger partial charge in [-0.15, -0.1) is 0 Å². The molecule has 1 aromatic carbocycles. The van der Waals surface area contributed by atoms with E-state index in [2.05, 4.69) is 76.3 Å². The van der Waals surface area contributed by atoms with Gasteiger partial charge in [-0.2, -0.15) is 0 Å². The lowest BCUT2D eigenvalue weighted by molar-refractivity contribution is 0.169. The van der Waals surface area contributed by atoms with Crippen molar-refractivity contribution in [1.29, 1.82) is 0 Å². The molecule has 0 fully saturated rings. The van der Waals surface area contributed by atoms with Gasteiger partial charge in [0.25, 0.3) is 0 Å². The minimum Gasteiger partial charge on any atom is -0.453 e. The Bertz CT molecular complexity index is 910. The molecular weight excluding hydrogens is 376 g/mol. The summed E-state index contributed by atoms with van der Waals surface area (Å²) in [5.74, 6) is 0. The number of aromatic nitrogens is 1. The molecule has 0 spiro atoms. The number of likely N-dealkylation sites (N-methyl/N-ethyl adjacent to an activating group) is 1. The molecule has 6 heteroatoms. The average molecular weight is 409 g/mol. The Morgan fingerprint density at radius 2 is 2.10 bits per heavy atom. The zero-order chi connectivity index (χ0) is 21.5. The van der Waals surface area contributed by atoms with Gasteiger partial charge in [-0.05, 0) is 62.2 Å². The van der Waals surface area contributed by atoms with Gasteiger partial charge in [-0.3, -0.25) is 4.98 Å². The number of alkyl carbamates (subject to hydrolysis) is 1. The van der Waals surface area contributed by atoms with Crippen LogP contribution < -0.4 is 10.2 Å². The summed E-state index contributed by atoms with van der Waals surface area (Å²) in [6, 6.07) is 12.9. The van der Waals surface area contributed by atoms with Gasteiger partial charge in [-0.25, -0.2) is 4.79 Å². The van der Waals surface area contributed by atoms with E-state index in [9.17, 15) is 4.79 Å². The normalized spacial score (nSPS) is 13.9. The molecule has 1 N–H and O–H groups in total. The van der Waals surface area contributed by atoms with E-state index in [1.807, 2.05) is 6.92 Å². The lowest BCUT2D eigenvalue weighted by atomic mass is 9.98. The number of benzene rings is 1. The van der Waals surface area contributed by atoms with Crippen molar-refractivity contribution in [2.24, 2.45) is 0 Å². The largest absolute Gasteiger partial charge is 0.453 e. The molecule has 0 radical (unpaired) electrons. The number of pyridine rings is 1. The summed E-state index contributed by atoms with van der Waals surface area (Å²) in [5, 5.41) is 2.73. The molecule has 0 aliphatic carbocycles. The van der Waals surface area contributed by atoms with Crippen molar-refractivity contribution in [3.8, 4) is 0 Å². The smallest absolute Gasteiger partial charge is 0.406 e. The first-order valence-electron chi connectivity index (χ1n) is 10.4. The summed E-state index contributed by atoms with van der Waals surface area (Å²) < 4.78 is 4.62. The lowest BCUT2D eigenvalue weighted by Crippen LogP contribution is -2.33. The minimum absolute atomic E-state index is 0.397. The van der Waals surface area contributed by atoms with Crippen LogP contribution in [0.4, 0.5) is 10.5 Å². The Hall–Kier alpha value is -2.86. The van der Waals surface area contributed by atoms with E-state index < -0.39 is 6.09 Å². The number of anilines is 1. The summed E-state index contributed by atoms with van der Waals surface area (Å²) in [6.45, 7) is 8.13. The van der Waals surface area contributed by atoms with Crippen LogP contribution in [-0.2, 0) is 11.3 Å². The van der Waals surface area contributed by atoms with E-state index in [1.54, 1.807) is 0 Å². The number of carbonyl (C=O) groups is 1. The van der Waals surface area contributed by atoms with Crippen LogP contribution in [0.5, 0.6) is 0 Å². The van der Waals surface area contributed by atoms with Crippen molar-refractivity contribution in [1.82, 2.24) is 15.2 Å². The molecule has 1 aromatic heterocycles. The van der Waals surface area contributed by atoms with Crippen molar-refractivity contribution in [2.45, 2.75) is 26.8 Å². The Labute approximate surface area is 179 Å². The molecule has 30 heavy (non-hydrogen) atoms. The van der Waals surface area contributed by atoms with E-state index >= 15 is 0 Å². The van der Waals surface area contributed by atoms with Crippen LogP contribution in [0.25, 0.3) is 5.57 Å². The summed E-state index contributed by atoms with van der Waals surface area (Å²) in [4.78, 5) is 20.7. The molecule has 6 nitrogen and oxygen atoms in total. The molecule has 0 saturated heterocycles. The zero-order valence-electron chi connectivity index (χ0n) is 18.4. The van der Waals surface area contributed by atoms with Gasteiger partial charge in [0.1, 0.15) is 0 Å². The van der Waals surface area contributed by atoms with Gasteiger partial charge in [-0.1, -0.05) is 24.3 Å². The third-order valence-corrected chi connectivity index (χ3v) is 5.39. The van der Waals surface area contributed by atoms with Gasteiger partial charge in [0.15, 0.2) is 0 Å². The number of aryl methyl sites for hydroxylation is 2. The molecule has 1 aliphatic heterocycles. The van der Waals surface area contributed by atoms with Crippen LogP contribution in [0.15, 0.2) is 42.5 Å². The number of carbonyl (C=O) groups excluding carboxylic acids is 1. The molecule has 0 unspecified atom stereocenters. The van der Waals surface area contributed by atoms with Crippen LogP contribution in [0.3, 0.4) is 0 Å². The van der Waals surface area contributed by atoms with Crippen molar-refractivity contribution in [3.63, 3.8) is 0 Å². The number of amides is 1. The van der Waals surface area contributed by atoms with Gasteiger partial charge in [0, 0.05) is 44.1 Å². The SMILES string of the molecule is COC(=O)NCCN(C)Cc1ccc(C)nc1C1=CCN(c2cccc(C)c2)CC1. The van der Waals surface area contributed by atoms with E-state index in [0.29, 0.717) is 6.54 Å². The zero-order valence-corrected chi connectivity index (χ0v) is 18.4. The van der Waals surface area contributed by atoms with Crippen molar-refractivity contribution >= 4 is 17.4 Å². The standard InChI is InChI=1S/C24H32N4O2/c1-18-6-5-7-22(16-18)28-13-10-20(11-14-28)23-21(9-8-19(2)26-23)17-27(3)15-12-25-24(29)30-4/h5-10,16H,11-15,17H2,1-4H3,(H,25,29). The van der Waals surface area contributed by atoms with Gasteiger partial charge >= 0.3 is 6.09 Å². The van der Waals surface area contributed by atoms with Crippen molar-refractivity contribution in [3.05, 3.63) is 65.0 Å². The molecule has 160 valence electrons. The Balaban J connectivity index is 1.68. The quantitative estimate of drug-likeness (QED) is 0.756. The lowest BCUT2D eigenvalue weighted by Gasteiger charge is -2.29. The van der Waals surface area contributed by atoms with Crippen LogP contribution in [0.2, 0.25) is 0 Å². The maximum Gasteiger partial charge on any atom is 0.406 e.